The molecule has 0 unspecified atom stereocenters. The number of amides is 1. The molecule has 0 saturated carbocycles. The average Bonchev–Trinajstić information content (AvgIpc) is 2.64. The third-order valence-corrected chi connectivity index (χ3v) is 5.35. The van der Waals surface area contributed by atoms with Gasteiger partial charge in [-0.15, -0.1) is 0 Å². The largest absolute Gasteiger partial charge is 0.494 e. The Morgan fingerprint density at radius 2 is 1.89 bits per heavy atom. The third kappa shape index (κ3) is 6.35. The van der Waals surface area contributed by atoms with Crippen LogP contribution in [0, 0.1) is 0 Å². The molecule has 0 heterocycles. The van der Waals surface area contributed by atoms with Crippen molar-refractivity contribution in [2.75, 3.05) is 23.7 Å². The number of ether oxygens (including phenoxy) is 1. The molecule has 0 saturated heterocycles. The number of hydrogen-bond donors (Lipinski definition) is 1. The zero-order valence-corrected chi connectivity index (χ0v) is 18.2. The van der Waals surface area contributed by atoms with Crippen molar-refractivity contribution >= 4 is 43.3 Å². The first-order valence-corrected chi connectivity index (χ1v) is 11.1. The number of hydrogen-bond acceptors (Lipinski definition) is 5. The molecule has 2 aromatic rings. The van der Waals surface area contributed by atoms with Gasteiger partial charge in [-0.1, -0.05) is 28.1 Å². The predicted molar refractivity (Wildman–Crippen MR) is 114 cm³/mol. The van der Waals surface area contributed by atoms with Gasteiger partial charge < -0.3 is 4.74 Å². The number of carbonyl (C=O) groups excluding carboxylic acids is 1. The van der Waals surface area contributed by atoms with Crippen molar-refractivity contribution in [3.05, 3.63) is 58.6 Å². The van der Waals surface area contributed by atoms with Crippen LogP contribution in [0.25, 0.3) is 0 Å². The summed E-state index contributed by atoms with van der Waals surface area (Å²) in [5.74, 6) is 0.0760. The Bertz CT molecular complexity index is 959. The van der Waals surface area contributed by atoms with E-state index in [0.29, 0.717) is 23.8 Å². The van der Waals surface area contributed by atoms with Gasteiger partial charge in [-0.05, 0) is 55.8 Å². The maximum atomic E-state index is 12.3. The maximum absolute atomic E-state index is 12.3. The van der Waals surface area contributed by atoms with Gasteiger partial charge in [0, 0.05) is 4.47 Å². The van der Waals surface area contributed by atoms with Crippen LogP contribution in [0.5, 0.6) is 5.75 Å². The average molecular weight is 468 g/mol. The molecule has 2 aromatic carbocycles. The Hall–Kier alpha value is -2.39. The lowest BCUT2D eigenvalue weighted by Crippen LogP contribution is -2.39. The minimum Gasteiger partial charge on any atom is -0.494 e. The van der Waals surface area contributed by atoms with Gasteiger partial charge in [0.1, 0.15) is 12.3 Å². The molecule has 0 fully saturated rings. The van der Waals surface area contributed by atoms with Gasteiger partial charge in [-0.2, -0.15) is 5.10 Å². The summed E-state index contributed by atoms with van der Waals surface area (Å²) >= 11 is 3.38. The normalized spacial score (nSPS) is 11.8. The van der Waals surface area contributed by atoms with E-state index in [1.807, 2.05) is 31.2 Å². The van der Waals surface area contributed by atoms with Crippen LogP contribution in [0.15, 0.2) is 58.1 Å². The second-order valence-electron chi connectivity index (χ2n) is 5.94. The highest BCUT2D eigenvalue weighted by molar-refractivity contribution is 9.10. The van der Waals surface area contributed by atoms with Gasteiger partial charge in [0.15, 0.2) is 0 Å². The van der Waals surface area contributed by atoms with E-state index in [9.17, 15) is 13.2 Å². The SMILES string of the molecule is CCOc1ccc(N(CC(=O)N/N=C(/C)c2cccc(Br)c2)S(C)(=O)=O)cc1. The number of nitrogens with one attached hydrogen (secondary N) is 1. The molecule has 0 aliphatic heterocycles. The van der Waals surface area contributed by atoms with Crippen molar-refractivity contribution in [1.82, 2.24) is 5.43 Å². The van der Waals surface area contributed by atoms with Crippen LogP contribution in [0.4, 0.5) is 5.69 Å². The quantitative estimate of drug-likeness (QED) is 0.476. The van der Waals surface area contributed by atoms with Crippen molar-refractivity contribution in [2.24, 2.45) is 5.10 Å². The first-order chi connectivity index (χ1) is 13.2. The minimum absolute atomic E-state index is 0.369. The maximum Gasteiger partial charge on any atom is 0.260 e. The molecule has 150 valence electrons. The van der Waals surface area contributed by atoms with E-state index in [2.05, 4.69) is 26.5 Å². The summed E-state index contributed by atoms with van der Waals surface area (Å²) in [6.45, 7) is 3.73. The summed E-state index contributed by atoms with van der Waals surface area (Å²) in [6.07, 6.45) is 1.05. The number of halogens is 1. The number of carbonyl (C=O) groups is 1. The monoisotopic (exact) mass is 467 g/mol. The summed E-state index contributed by atoms with van der Waals surface area (Å²) in [5.41, 5.74) is 4.21. The molecule has 0 aliphatic rings. The topological polar surface area (TPSA) is 88.1 Å². The molecule has 1 amide bonds. The zero-order chi connectivity index (χ0) is 20.7. The van der Waals surface area contributed by atoms with Gasteiger partial charge >= 0.3 is 0 Å². The molecule has 0 atom stereocenters. The van der Waals surface area contributed by atoms with Crippen LogP contribution in [-0.2, 0) is 14.8 Å². The second-order valence-corrected chi connectivity index (χ2v) is 8.76. The summed E-state index contributed by atoms with van der Waals surface area (Å²) in [4.78, 5) is 12.3. The van der Waals surface area contributed by atoms with Crippen LogP contribution < -0.4 is 14.5 Å². The van der Waals surface area contributed by atoms with Gasteiger partial charge in [0.2, 0.25) is 10.0 Å². The van der Waals surface area contributed by atoms with Crippen LogP contribution in [-0.4, -0.2) is 39.4 Å². The molecule has 7 nitrogen and oxygen atoms in total. The van der Waals surface area contributed by atoms with Crippen LogP contribution in [0.2, 0.25) is 0 Å². The molecule has 1 N–H and O–H groups in total. The first-order valence-electron chi connectivity index (χ1n) is 8.50. The lowest BCUT2D eigenvalue weighted by molar-refractivity contribution is -0.119. The van der Waals surface area contributed by atoms with Crippen LogP contribution in [0.3, 0.4) is 0 Å². The zero-order valence-electron chi connectivity index (χ0n) is 15.8. The molecule has 9 heteroatoms. The number of benzene rings is 2. The molecule has 0 spiro atoms. The van der Waals surface area contributed by atoms with E-state index in [1.54, 1.807) is 31.2 Å². The summed E-state index contributed by atoms with van der Waals surface area (Å²) in [7, 11) is -3.66. The number of rotatable bonds is 8. The van der Waals surface area contributed by atoms with Crippen LogP contribution >= 0.6 is 15.9 Å². The lowest BCUT2D eigenvalue weighted by Gasteiger charge is -2.21. The van der Waals surface area contributed by atoms with E-state index < -0.39 is 15.9 Å². The molecule has 0 radical (unpaired) electrons. The first kappa shape index (κ1) is 21.9. The summed E-state index contributed by atoms with van der Waals surface area (Å²) in [6, 6.07) is 14.0. The third-order valence-electron chi connectivity index (χ3n) is 3.71. The highest BCUT2D eigenvalue weighted by Crippen LogP contribution is 2.21. The number of sulfonamides is 1. The van der Waals surface area contributed by atoms with E-state index in [1.165, 1.54) is 0 Å². The number of anilines is 1. The standard InChI is InChI=1S/C19H22BrN3O4S/c1-4-27-18-10-8-17(9-11-18)23(28(3,25)26)13-19(24)22-21-14(2)15-6-5-7-16(20)12-15/h5-12H,4,13H2,1-3H3,(H,22,24)/b21-14-. The molecular weight excluding hydrogens is 446 g/mol. The van der Waals surface area contributed by atoms with Gasteiger partial charge in [-0.3, -0.25) is 9.10 Å². The second kappa shape index (κ2) is 9.70. The van der Waals surface area contributed by atoms with E-state index in [-0.39, 0.29) is 6.54 Å². The van der Waals surface area contributed by atoms with Crippen molar-refractivity contribution in [2.45, 2.75) is 13.8 Å². The fourth-order valence-electron chi connectivity index (χ4n) is 2.37. The summed E-state index contributed by atoms with van der Waals surface area (Å²) < 4.78 is 31.6. The molecule has 2 rings (SSSR count). The highest BCUT2D eigenvalue weighted by atomic mass is 79.9. The summed E-state index contributed by atoms with van der Waals surface area (Å²) in [5, 5.41) is 4.06. The van der Waals surface area contributed by atoms with Crippen LogP contribution in [0.1, 0.15) is 19.4 Å². The Kier molecular flexibility index (Phi) is 7.59. The van der Waals surface area contributed by atoms with Crippen molar-refractivity contribution < 1.29 is 17.9 Å². The Balaban J connectivity index is 2.12. The van der Waals surface area contributed by atoms with Gasteiger partial charge in [-0.25, -0.2) is 13.8 Å². The fraction of sp³-hybridized carbons (Fsp3) is 0.263. The molecule has 0 aliphatic carbocycles. The van der Waals surface area contributed by atoms with Gasteiger partial charge in [0.25, 0.3) is 5.91 Å². The van der Waals surface area contributed by atoms with Crippen molar-refractivity contribution in [1.29, 1.82) is 0 Å². The smallest absolute Gasteiger partial charge is 0.260 e. The van der Waals surface area contributed by atoms with E-state index in [4.69, 9.17) is 4.74 Å². The van der Waals surface area contributed by atoms with E-state index >= 15 is 0 Å². The fourth-order valence-corrected chi connectivity index (χ4v) is 3.62. The van der Waals surface area contributed by atoms with Crippen molar-refractivity contribution in [3.63, 3.8) is 0 Å². The molecule has 0 aromatic heterocycles. The Morgan fingerprint density at radius 3 is 2.46 bits per heavy atom. The minimum atomic E-state index is -3.66. The Labute approximate surface area is 173 Å². The van der Waals surface area contributed by atoms with Gasteiger partial charge in [0.05, 0.1) is 24.3 Å². The number of hydrazone groups is 1. The lowest BCUT2D eigenvalue weighted by atomic mass is 10.1. The molecule has 0 bridgehead atoms. The Morgan fingerprint density at radius 1 is 1.21 bits per heavy atom. The molecule has 28 heavy (non-hydrogen) atoms. The predicted octanol–water partition coefficient (Wildman–Crippen LogP) is 3.15. The van der Waals surface area contributed by atoms with Crippen molar-refractivity contribution in [3.8, 4) is 5.75 Å². The van der Waals surface area contributed by atoms with E-state index in [0.717, 1.165) is 20.6 Å². The highest BCUT2D eigenvalue weighted by Gasteiger charge is 2.20. The number of nitrogens with zero attached hydrogens (tertiary/aromatic N) is 2. The molecular formula is C19H22BrN3O4S.